The standard InChI is InChI=1S/C13H7NO/c15-12-6-11-13(9-5-8(9)12)7-3-1-2-4-10(7)14-11/h1-6,14H. The molecule has 1 N–H and O–H groups in total. The van der Waals surface area contributed by atoms with E-state index in [-0.39, 0.29) is 5.43 Å². The van der Waals surface area contributed by atoms with E-state index in [1.165, 1.54) is 10.8 Å². The highest BCUT2D eigenvalue weighted by Crippen LogP contribution is 2.40. The van der Waals surface area contributed by atoms with Gasteiger partial charge in [-0.05, 0) is 17.7 Å². The van der Waals surface area contributed by atoms with E-state index in [1.807, 2.05) is 24.3 Å². The molecule has 70 valence electrons. The summed E-state index contributed by atoms with van der Waals surface area (Å²) in [7, 11) is 0. The Bertz CT molecular complexity index is 783. The molecule has 0 saturated heterocycles. The van der Waals surface area contributed by atoms with Crippen LogP contribution in [0.2, 0.25) is 0 Å². The normalized spacial score (nSPS) is 12.3. The third-order valence-corrected chi connectivity index (χ3v) is 3.04. The molecular formula is C13H7NO. The number of rotatable bonds is 0. The number of aromatic amines is 1. The molecular weight excluding hydrogens is 186 g/mol. The first-order valence-electron chi connectivity index (χ1n) is 4.94. The molecule has 1 aromatic heterocycles. The lowest BCUT2D eigenvalue weighted by Crippen LogP contribution is -1.94. The van der Waals surface area contributed by atoms with Crippen LogP contribution in [-0.2, 0) is 0 Å². The number of H-pyrrole nitrogens is 1. The van der Waals surface area contributed by atoms with E-state index in [0.29, 0.717) is 0 Å². The highest BCUT2D eigenvalue weighted by molar-refractivity contribution is 6.18. The minimum absolute atomic E-state index is 0.129. The first-order chi connectivity index (χ1) is 7.34. The van der Waals surface area contributed by atoms with Gasteiger partial charge >= 0.3 is 0 Å². The number of hydrogen-bond acceptors (Lipinski definition) is 1. The van der Waals surface area contributed by atoms with Crippen LogP contribution in [0.3, 0.4) is 0 Å². The maximum atomic E-state index is 11.5. The largest absolute Gasteiger partial charge is 0.354 e. The zero-order valence-corrected chi connectivity index (χ0v) is 7.87. The number of aromatic nitrogens is 1. The van der Waals surface area contributed by atoms with Gasteiger partial charge in [-0.15, -0.1) is 0 Å². The van der Waals surface area contributed by atoms with E-state index in [2.05, 4.69) is 11.1 Å². The summed E-state index contributed by atoms with van der Waals surface area (Å²) in [6.45, 7) is 0. The fraction of sp³-hybridized carbons (Fsp3) is 0. The molecule has 2 nitrogen and oxygen atoms in total. The summed E-state index contributed by atoms with van der Waals surface area (Å²) in [5.74, 6) is 0. The van der Waals surface area contributed by atoms with Gasteiger partial charge in [-0.3, -0.25) is 4.79 Å². The van der Waals surface area contributed by atoms with Crippen molar-refractivity contribution in [2.45, 2.75) is 0 Å². The summed E-state index contributed by atoms with van der Waals surface area (Å²) in [5, 5.41) is 2.40. The second kappa shape index (κ2) is 2.11. The van der Waals surface area contributed by atoms with Gasteiger partial charge in [0, 0.05) is 27.9 Å². The smallest absolute Gasteiger partial charge is 0.188 e. The topological polar surface area (TPSA) is 32.9 Å². The van der Waals surface area contributed by atoms with Crippen LogP contribution in [0.15, 0.2) is 41.2 Å². The predicted octanol–water partition coefficient (Wildman–Crippen LogP) is 2.66. The number of nitrogens with one attached hydrogen (secondary N) is 1. The molecule has 2 aliphatic rings. The van der Waals surface area contributed by atoms with Crippen LogP contribution < -0.4 is 5.43 Å². The van der Waals surface area contributed by atoms with Crippen molar-refractivity contribution in [1.29, 1.82) is 0 Å². The van der Waals surface area contributed by atoms with Crippen molar-refractivity contribution in [2.24, 2.45) is 0 Å². The number of fused-ring (bicyclic) bond motifs is 5. The van der Waals surface area contributed by atoms with E-state index < -0.39 is 0 Å². The Hall–Kier alpha value is -2.09. The molecule has 1 aromatic carbocycles. The van der Waals surface area contributed by atoms with Gasteiger partial charge in [0.05, 0.1) is 5.52 Å². The summed E-state index contributed by atoms with van der Waals surface area (Å²) < 4.78 is 0. The summed E-state index contributed by atoms with van der Waals surface area (Å²) >= 11 is 0. The monoisotopic (exact) mass is 193 g/mol. The molecule has 0 spiro atoms. The minimum Gasteiger partial charge on any atom is -0.354 e. The van der Waals surface area contributed by atoms with Crippen molar-refractivity contribution >= 4 is 21.8 Å². The van der Waals surface area contributed by atoms with Crippen LogP contribution in [-0.4, -0.2) is 4.98 Å². The lowest BCUT2D eigenvalue weighted by molar-refractivity contribution is 1.54. The minimum atomic E-state index is 0.129. The molecule has 2 aliphatic carbocycles. The van der Waals surface area contributed by atoms with E-state index in [0.717, 1.165) is 22.2 Å². The van der Waals surface area contributed by atoms with Gasteiger partial charge < -0.3 is 4.98 Å². The fourth-order valence-electron chi connectivity index (χ4n) is 2.29. The highest BCUT2D eigenvalue weighted by atomic mass is 16.1. The first kappa shape index (κ1) is 7.23. The molecule has 4 rings (SSSR count). The Balaban J connectivity index is 2.39. The highest BCUT2D eigenvalue weighted by Gasteiger charge is 2.21. The second-order valence-electron chi connectivity index (χ2n) is 3.94. The zero-order chi connectivity index (χ0) is 9.99. The Labute approximate surface area is 85.2 Å². The molecule has 0 radical (unpaired) electrons. The van der Waals surface area contributed by atoms with Crippen molar-refractivity contribution in [2.75, 3.05) is 0 Å². The van der Waals surface area contributed by atoms with Crippen molar-refractivity contribution in [1.82, 2.24) is 4.98 Å². The maximum Gasteiger partial charge on any atom is 0.188 e. The quantitative estimate of drug-likeness (QED) is 0.457. The fourth-order valence-corrected chi connectivity index (χ4v) is 2.29. The molecule has 0 bridgehead atoms. The van der Waals surface area contributed by atoms with Gasteiger partial charge in [-0.2, -0.15) is 0 Å². The van der Waals surface area contributed by atoms with Crippen molar-refractivity contribution in [3.05, 3.63) is 46.6 Å². The average Bonchev–Trinajstić information content (AvgIpc) is 2.95. The average molecular weight is 193 g/mol. The lowest BCUT2D eigenvalue weighted by Gasteiger charge is -1.89. The van der Waals surface area contributed by atoms with Crippen LogP contribution >= 0.6 is 0 Å². The maximum absolute atomic E-state index is 11.5. The molecule has 0 atom stereocenters. The Morgan fingerprint density at radius 2 is 1.80 bits per heavy atom. The van der Waals surface area contributed by atoms with Crippen molar-refractivity contribution in [3.63, 3.8) is 0 Å². The van der Waals surface area contributed by atoms with E-state index in [4.69, 9.17) is 0 Å². The summed E-state index contributed by atoms with van der Waals surface area (Å²) in [4.78, 5) is 14.8. The molecule has 0 amide bonds. The third kappa shape index (κ3) is 0.773. The van der Waals surface area contributed by atoms with Crippen molar-refractivity contribution < 1.29 is 0 Å². The Morgan fingerprint density at radius 3 is 2.73 bits per heavy atom. The summed E-state index contributed by atoms with van der Waals surface area (Å²) in [5.41, 5.74) is 4.18. The number of hydrogen-bond donors (Lipinski definition) is 1. The van der Waals surface area contributed by atoms with Gasteiger partial charge in [0.1, 0.15) is 0 Å². The second-order valence-corrected chi connectivity index (χ2v) is 3.94. The van der Waals surface area contributed by atoms with Crippen LogP contribution in [0, 0.1) is 0 Å². The summed E-state index contributed by atoms with van der Waals surface area (Å²) in [6.07, 6.45) is 0. The third-order valence-electron chi connectivity index (χ3n) is 3.04. The van der Waals surface area contributed by atoms with E-state index >= 15 is 0 Å². The molecule has 2 aromatic rings. The summed E-state index contributed by atoms with van der Waals surface area (Å²) in [6, 6.07) is 11.8. The van der Waals surface area contributed by atoms with Crippen LogP contribution in [0.4, 0.5) is 0 Å². The molecule has 0 saturated carbocycles. The van der Waals surface area contributed by atoms with Crippen LogP contribution in [0.5, 0.6) is 0 Å². The van der Waals surface area contributed by atoms with Crippen LogP contribution in [0.25, 0.3) is 32.9 Å². The lowest BCUT2D eigenvalue weighted by atomic mass is 10.1. The van der Waals surface area contributed by atoms with Gasteiger partial charge in [-0.25, -0.2) is 0 Å². The number of benzene rings is 2. The van der Waals surface area contributed by atoms with E-state index in [1.54, 1.807) is 6.07 Å². The Morgan fingerprint density at radius 1 is 0.933 bits per heavy atom. The molecule has 0 fully saturated rings. The van der Waals surface area contributed by atoms with Gasteiger partial charge in [0.25, 0.3) is 0 Å². The molecule has 0 aliphatic heterocycles. The van der Waals surface area contributed by atoms with Crippen LogP contribution in [0.1, 0.15) is 0 Å². The molecule has 0 unspecified atom stereocenters. The first-order valence-corrected chi connectivity index (χ1v) is 4.94. The Kier molecular flexibility index (Phi) is 1.02. The molecule has 15 heavy (non-hydrogen) atoms. The predicted molar refractivity (Wildman–Crippen MR) is 61.1 cm³/mol. The van der Waals surface area contributed by atoms with Gasteiger partial charge in [0.15, 0.2) is 5.43 Å². The van der Waals surface area contributed by atoms with E-state index in [9.17, 15) is 4.79 Å². The number of para-hydroxylation sites is 1. The molecule has 2 heteroatoms. The molecule has 1 heterocycles. The van der Waals surface area contributed by atoms with Crippen molar-refractivity contribution in [3.8, 4) is 11.1 Å². The van der Waals surface area contributed by atoms with Gasteiger partial charge in [0.2, 0.25) is 0 Å². The SMILES string of the molecule is O=c1cc2[nH]c3ccccc3c2c2cc1-2. The zero-order valence-electron chi connectivity index (χ0n) is 7.87. The van der Waals surface area contributed by atoms with Gasteiger partial charge in [-0.1, -0.05) is 18.2 Å².